The lowest BCUT2D eigenvalue weighted by Gasteiger charge is -2.11. The maximum absolute atomic E-state index is 5.84. The summed E-state index contributed by atoms with van der Waals surface area (Å²) in [6.07, 6.45) is 0. The van der Waals surface area contributed by atoms with Crippen LogP contribution in [0.15, 0.2) is 6.07 Å². The molecule has 0 radical (unpaired) electrons. The van der Waals surface area contributed by atoms with Gasteiger partial charge in [-0.3, -0.25) is 0 Å². The number of H-pyrrole nitrogens is 1. The summed E-state index contributed by atoms with van der Waals surface area (Å²) >= 11 is 11.5. The smallest absolute Gasteiger partial charge is 0.196 e. The van der Waals surface area contributed by atoms with E-state index in [9.17, 15) is 0 Å². The number of anilines is 1. The molecule has 1 atom stereocenters. The lowest BCUT2D eigenvalue weighted by molar-refractivity contribution is 0.791. The summed E-state index contributed by atoms with van der Waals surface area (Å²) < 4.78 is 0. The zero-order valence-corrected chi connectivity index (χ0v) is 9.66. The second-order valence-corrected chi connectivity index (χ2v) is 3.75. The molecule has 2 heterocycles. The highest BCUT2D eigenvalue weighted by atomic mass is 35.5. The molecule has 0 aromatic carbocycles. The Morgan fingerprint density at radius 1 is 1.31 bits per heavy atom. The average Bonchev–Trinajstić information content (AvgIpc) is 2.76. The lowest BCUT2D eigenvalue weighted by Crippen LogP contribution is -2.09. The van der Waals surface area contributed by atoms with E-state index in [1.54, 1.807) is 6.07 Å². The summed E-state index contributed by atoms with van der Waals surface area (Å²) in [6.45, 7) is 1.86. The van der Waals surface area contributed by atoms with Gasteiger partial charge in [0.2, 0.25) is 0 Å². The molecule has 0 aliphatic heterocycles. The first kappa shape index (κ1) is 11.0. The largest absolute Gasteiger partial charge is 0.373 e. The Morgan fingerprint density at radius 3 is 2.81 bits per heavy atom. The fraction of sp³-hybridized carbons (Fsp3) is 0.286. The summed E-state index contributed by atoms with van der Waals surface area (Å²) in [5, 5.41) is 24.3. The quantitative estimate of drug-likeness (QED) is 0.868. The van der Waals surface area contributed by atoms with E-state index in [-0.39, 0.29) is 16.3 Å². The Balaban J connectivity index is 2.17. The highest BCUT2D eigenvalue weighted by molar-refractivity contribution is 6.33. The van der Waals surface area contributed by atoms with Gasteiger partial charge < -0.3 is 5.32 Å². The second kappa shape index (κ2) is 4.58. The van der Waals surface area contributed by atoms with Gasteiger partial charge in [0.05, 0.1) is 11.7 Å². The molecule has 7 nitrogen and oxygen atoms in total. The summed E-state index contributed by atoms with van der Waals surface area (Å²) in [6, 6.07) is 1.41. The van der Waals surface area contributed by atoms with Crippen LogP contribution in [0.3, 0.4) is 0 Å². The molecule has 0 aliphatic carbocycles. The number of hydrogen-bond donors (Lipinski definition) is 2. The SMILES string of the molecule is CC(Nc1cc(Cl)nnc1Cl)c1nn[nH]n1. The zero-order chi connectivity index (χ0) is 11.5. The molecule has 84 valence electrons. The van der Waals surface area contributed by atoms with Crippen LogP contribution in [-0.2, 0) is 0 Å². The third kappa shape index (κ3) is 2.37. The van der Waals surface area contributed by atoms with Crippen LogP contribution in [0.1, 0.15) is 18.8 Å². The second-order valence-electron chi connectivity index (χ2n) is 3.01. The number of nitrogens with one attached hydrogen (secondary N) is 2. The molecular weight excluding hydrogens is 253 g/mol. The van der Waals surface area contributed by atoms with E-state index < -0.39 is 0 Å². The predicted octanol–water partition coefficient (Wildman–Crippen LogP) is 1.47. The first-order chi connectivity index (χ1) is 7.66. The molecule has 0 saturated carbocycles. The number of hydrogen-bond acceptors (Lipinski definition) is 6. The molecule has 9 heteroatoms. The van der Waals surface area contributed by atoms with Crippen LogP contribution in [0, 0.1) is 0 Å². The number of aromatic amines is 1. The Morgan fingerprint density at radius 2 is 2.12 bits per heavy atom. The molecular formula is C7H7Cl2N7. The van der Waals surface area contributed by atoms with Crippen molar-refractivity contribution in [2.24, 2.45) is 0 Å². The van der Waals surface area contributed by atoms with Crippen LogP contribution >= 0.6 is 23.2 Å². The molecule has 2 aromatic heterocycles. The van der Waals surface area contributed by atoms with Gasteiger partial charge in [-0.1, -0.05) is 28.4 Å². The Labute approximate surface area is 101 Å². The van der Waals surface area contributed by atoms with E-state index in [1.807, 2.05) is 6.92 Å². The molecule has 0 saturated heterocycles. The Hall–Kier alpha value is -1.47. The molecule has 2 rings (SSSR count). The van der Waals surface area contributed by atoms with Gasteiger partial charge in [0.15, 0.2) is 16.1 Å². The van der Waals surface area contributed by atoms with E-state index in [2.05, 4.69) is 36.1 Å². The fourth-order valence-corrected chi connectivity index (χ4v) is 1.40. The summed E-state index contributed by atoms with van der Waals surface area (Å²) in [5.74, 6) is 0.518. The van der Waals surface area contributed by atoms with E-state index in [0.29, 0.717) is 11.5 Å². The molecule has 2 N–H and O–H groups in total. The van der Waals surface area contributed by atoms with Crippen molar-refractivity contribution in [3.8, 4) is 0 Å². The third-order valence-corrected chi connectivity index (χ3v) is 2.30. The number of rotatable bonds is 3. The number of aromatic nitrogens is 6. The molecule has 0 spiro atoms. The van der Waals surface area contributed by atoms with Crippen LogP contribution in [0.2, 0.25) is 10.3 Å². The van der Waals surface area contributed by atoms with Crippen molar-refractivity contribution in [2.75, 3.05) is 5.32 Å². The van der Waals surface area contributed by atoms with Gasteiger partial charge >= 0.3 is 0 Å². The van der Waals surface area contributed by atoms with E-state index >= 15 is 0 Å². The van der Waals surface area contributed by atoms with Gasteiger partial charge in [0.1, 0.15) is 0 Å². The fourth-order valence-electron chi connectivity index (χ4n) is 1.11. The first-order valence-corrected chi connectivity index (χ1v) is 5.11. The third-order valence-electron chi connectivity index (χ3n) is 1.84. The maximum Gasteiger partial charge on any atom is 0.196 e. The Bertz CT molecular complexity index is 472. The van der Waals surface area contributed by atoms with Crippen LogP contribution in [-0.4, -0.2) is 30.8 Å². The predicted molar refractivity (Wildman–Crippen MR) is 58.3 cm³/mol. The van der Waals surface area contributed by atoms with Crippen molar-refractivity contribution in [2.45, 2.75) is 13.0 Å². The molecule has 1 unspecified atom stereocenters. The van der Waals surface area contributed by atoms with Crippen molar-refractivity contribution in [3.05, 3.63) is 22.2 Å². The van der Waals surface area contributed by atoms with Crippen molar-refractivity contribution in [3.63, 3.8) is 0 Å². The van der Waals surface area contributed by atoms with Gasteiger partial charge in [0, 0.05) is 6.07 Å². The topological polar surface area (TPSA) is 92.3 Å². The van der Waals surface area contributed by atoms with E-state index in [4.69, 9.17) is 23.2 Å². The van der Waals surface area contributed by atoms with Gasteiger partial charge in [-0.05, 0) is 6.92 Å². The molecule has 2 aromatic rings. The number of tetrazole rings is 1. The van der Waals surface area contributed by atoms with E-state index in [1.165, 1.54) is 0 Å². The maximum atomic E-state index is 5.84. The molecule has 16 heavy (non-hydrogen) atoms. The standard InChI is InChI=1S/C7H7Cl2N7/c1-3(7-13-15-16-14-7)10-4-2-5(8)11-12-6(4)9/h2-3H,1H3,(H,10,11)(H,13,14,15,16). The lowest BCUT2D eigenvalue weighted by atomic mass is 10.3. The minimum Gasteiger partial charge on any atom is -0.373 e. The Kier molecular flexibility index (Phi) is 3.16. The molecule has 0 aliphatic rings. The number of halogens is 2. The van der Waals surface area contributed by atoms with Gasteiger partial charge in [-0.2, -0.15) is 5.21 Å². The summed E-state index contributed by atoms with van der Waals surface area (Å²) in [5.41, 5.74) is 0.568. The minimum absolute atomic E-state index is 0.170. The average molecular weight is 260 g/mol. The summed E-state index contributed by atoms with van der Waals surface area (Å²) in [4.78, 5) is 0. The van der Waals surface area contributed by atoms with Crippen molar-refractivity contribution in [1.82, 2.24) is 30.8 Å². The van der Waals surface area contributed by atoms with Gasteiger partial charge in [0.25, 0.3) is 0 Å². The zero-order valence-electron chi connectivity index (χ0n) is 8.15. The molecule has 0 bridgehead atoms. The van der Waals surface area contributed by atoms with Crippen LogP contribution in [0.4, 0.5) is 5.69 Å². The highest BCUT2D eigenvalue weighted by Gasteiger charge is 2.12. The van der Waals surface area contributed by atoms with Crippen molar-refractivity contribution >= 4 is 28.9 Å². The highest BCUT2D eigenvalue weighted by Crippen LogP contribution is 2.24. The van der Waals surface area contributed by atoms with Gasteiger partial charge in [-0.15, -0.1) is 20.4 Å². The van der Waals surface area contributed by atoms with Gasteiger partial charge in [-0.25, -0.2) is 0 Å². The van der Waals surface area contributed by atoms with Crippen LogP contribution in [0.5, 0.6) is 0 Å². The monoisotopic (exact) mass is 259 g/mol. The molecule has 0 fully saturated rings. The molecule has 0 amide bonds. The van der Waals surface area contributed by atoms with E-state index in [0.717, 1.165) is 0 Å². The summed E-state index contributed by atoms with van der Waals surface area (Å²) in [7, 11) is 0. The normalized spacial score (nSPS) is 12.4. The number of nitrogens with zero attached hydrogens (tertiary/aromatic N) is 5. The van der Waals surface area contributed by atoms with Crippen LogP contribution in [0.25, 0.3) is 0 Å². The van der Waals surface area contributed by atoms with Crippen LogP contribution < -0.4 is 5.32 Å². The van der Waals surface area contributed by atoms with Crippen molar-refractivity contribution in [1.29, 1.82) is 0 Å². The van der Waals surface area contributed by atoms with Crippen molar-refractivity contribution < 1.29 is 0 Å². The first-order valence-electron chi connectivity index (χ1n) is 4.35. The minimum atomic E-state index is -0.170.